The topological polar surface area (TPSA) is 86.8 Å². The second kappa shape index (κ2) is 14.9. The van der Waals surface area contributed by atoms with Crippen LogP contribution in [-0.4, -0.2) is 43.8 Å². The van der Waals surface area contributed by atoms with E-state index < -0.39 is 28.5 Å². The highest BCUT2D eigenvalue weighted by atomic mass is 79.9. The summed E-state index contributed by atoms with van der Waals surface area (Å²) in [4.78, 5) is 30.0. The van der Waals surface area contributed by atoms with E-state index in [0.29, 0.717) is 5.69 Å². The van der Waals surface area contributed by atoms with Gasteiger partial charge in [0.1, 0.15) is 12.6 Å². The molecule has 0 aliphatic heterocycles. The molecule has 4 aromatic carbocycles. The van der Waals surface area contributed by atoms with Gasteiger partial charge in [0.25, 0.3) is 10.0 Å². The van der Waals surface area contributed by atoms with E-state index in [1.165, 1.54) is 9.21 Å². The highest BCUT2D eigenvalue weighted by molar-refractivity contribution is 9.10. The minimum atomic E-state index is -4.16. The monoisotopic (exact) mass is 689 g/mol. The van der Waals surface area contributed by atoms with Crippen LogP contribution in [-0.2, 0) is 32.6 Å². The van der Waals surface area contributed by atoms with E-state index in [0.717, 1.165) is 32.3 Å². The van der Waals surface area contributed by atoms with E-state index in [9.17, 15) is 18.0 Å². The van der Waals surface area contributed by atoms with E-state index in [1.54, 1.807) is 30.3 Å². The zero-order valence-electron chi connectivity index (χ0n) is 26.3. The van der Waals surface area contributed by atoms with Gasteiger partial charge in [-0.05, 0) is 81.6 Å². The lowest BCUT2D eigenvalue weighted by Gasteiger charge is -2.34. The molecule has 1 atom stereocenters. The van der Waals surface area contributed by atoms with Crippen LogP contribution < -0.4 is 9.62 Å². The molecule has 45 heavy (non-hydrogen) atoms. The van der Waals surface area contributed by atoms with E-state index in [-0.39, 0.29) is 29.8 Å². The number of carbonyl (C=O) groups excluding carboxylic acids is 2. The molecular formula is C36H40BrN3O4S. The number of anilines is 1. The van der Waals surface area contributed by atoms with Crippen LogP contribution >= 0.6 is 15.9 Å². The number of sulfonamides is 1. The first-order chi connectivity index (χ1) is 21.3. The summed E-state index contributed by atoms with van der Waals surface area (Å²) < 4.78 is 30.5. The zero-order valence-corrected chi connectivity index (χ0v) is 28.7. The average molecular weight is 691 g/mol. The third-order valence-electron chi connectivity index (χ3n) is 7.48. The fraction of sp³-hybridized carbons (Fsp3) is 0.278. The van der Waals surface area contributed by atoms with Crippen LogP contribution in [0.5, 0.6) is 0 Å². The molecule has 4 rings (SSSR count). The van der Waals surface area contributed by atoms with E-state index in [1.807, 2.05) is 101 Å². The lowest BCUT2D eigenvalue weighted by Crippen LogP contribution is -2.54. The third kappa shape index (κ3) is 8.83. The number of benzene rings is 4. The first kappa shape index (κ1) is 33.9. The fourth-order valence-corrected chi connectivity index (χ4v) is 6.90. The number of amides is 2. The van der Waals surface area contributed by atoms with E-state index >= 15 is 0 Å². The number of rotatable bonds is 12. The van der Waals surface area contributed by atoms with Crippen molar-refractivity contribution < 1.29 is 18.0 Å². The van der Waals surface area contributed by atoms with Crippen molar-refractivity contribution in [3.63, 3.8) is 0 Å². The van der Waals surface area contributed by atoms with Crippen LogP contribution in [0, 0.1) is 20.8 Å². The Kier molecular flexibility index (Phi) is 11.2. The SMILES string of the molecule is Cc1ccc(S(=O)(=O)N(CC(=O)N(Cc2ccc(Br)cc2)[C@@H](Cc2ccccc2)C(=O)NC(C)C)c2ccc(C)cc2C)cc1. The second-order valence-electron chi connectivity index (χ2n) is 11.6. The molecule has 0 aromatic heterocycles. The van der Waals surface area contributed by atoms with E-state index in [2.05, 4.69) is 21.2 Å². The van der Waals surface area contributed by atoms with Gasteiger partial charge in [-0.3, -0.25) is 13.9 Å². The van der Waals surface area contributed by atoms with Crippen molar-refractivity contribution in [2.45, 2.75) is 64.6 Å². The summed E-state index contributed by atoms with van der Waals surface area (Å²) in [6, 6.07) is 28.0. The smallest absolute Gasteiger partial charge is 0.264 e. The van der Waals surface area contributed by atoms with Crippen LogP contribution in [0.3, 0.4) is 0 Å². The average Bonchev–Trinajstić information content (AvgIpc) is 2.99. The Morgan fingerprint density at radius 3 is 2.02 bits per heavy atom. The molecule has 0 bridgehead atoms. The molecule has 236 valence electrons. The van der Waals surface area contributed by atoms with Crippen molar-refractivity contribution in [3.05, 3.63) is 129 Å². The Balaban J connectivity index is 1.82. The molecule has 0 aliphatic carbocycles. The molecule has 0 fully saturated rings. The van der Waals surface area contributed by atoms with Crippen LogP contribution in [0.2, 0.25) is 0 Å². The van der Waals surface area contributed by atoms with Gasteiger partial charge >= 0.3 is 0 Å². The fourth-order valence-electron chi connectivity index (χ4n) is 5.16. The highest BCUT2D eigenvalue weighted by Gasteiger charge is 2.35. The first-order valence-corrected chi connectivity index (χ1v) is 17.1. The van der Waals surface area contributed by atoms with Crippen molar-refractivity contribution >= 4 is 43.5 Å². The molecule has 0 aliphatic rings. The first-order valence-electron chi connectivity index (χ1n) is 14.9. The number of aryl methyl sites for hydroxylation is 3. The van der Waals surface area contributed by atoms with Crippen LogP contribution in [0.4, 0.5) is 5.69 Å². The van der Waals surface area contributed by atoms with Crippen molar-refractivity contribution in [2.75, 3.05) is 10.8 Å². The van der Waals surface area contributed by atoms with Crippen molar-refractivity contribution in [3.8, 4) is 0 Å². The molecular weight excluding hydrogens is 650 g/mol. The summed E-state index contributed by atoms with van der Waals surface area (Å²) in [7, 11) is -4.16. The molecule has 0 radical (unpaired) electrons. The summed E-state index contributed by atoms with van der Waals surface area (Å²) in [5.41, 5.74) is 4.71. The number of halogens is 1. The predicted octanol–water partition coefficient (Wildman–Crippen LogP) is 6.73. The Labute approximate surface area is 275 Å². The number of hydrogen-bond donors (Lipinski definition) is 1. The number of hydrogen-bond acceptors (Lipinski definition) is 4. The molecule has 2 amide bonds. The lowest BCUT2D eigenvalue weighted by molar-refractivity contribution is -0.140. The Hall–Kier alpha value is -3.95. The van der Waals surface area contributed by atoms with Crippen molar-refractivity contribution in [1.82, 2.24) is 10.2 Å². The Bertz CT molecular complexity index is 1720. The normalized spacial score (nSPS) is 12.1. The molecule has 4 aromatic rings. The van der Waals surface area contributed by atoms with Crippen molar-refractivity contribution in [1.29, 1.82) is 0 Å². The van der Waals surface area contributed by atoms with Gasteiger partial charge in [-0.2, -0.15) is 0 Å². The summed E-state index contributed by atoms with van der Waals surface area (Å²) in [6.07, 6.45) is 0.260. The summed E-state index contributed by atoms with van der Waals surface area (Å²) in [5, 5.41) is 2.98. The summed E-state index contributed by atoms with van der Waals surface area (Å²) in [6.45, 7) is 9.01. The molecule has 0 saturated carbocycles. The number of carbonyl (C=O) groups is 2. The summed E-state index contributed by atoms with van der Waals surface area (Å²) >= 11 is 3.46. The minimum absolute atomic E-state index is 0.0821. The molecule has 9 heteroatoms. The quantitative estimate of drug-likeness (QED) is 0.179. The van der Waals surface area contributed by atoms with Gasteiger partial charge in [-0.1, -0.05) is 93.8 Å². The largest absolute Gasteiger partial charge is 0.352 e. The number of nitrogens with one attached hydrogen (secondary N) is 1. The van der Waals surface area contributed by atoms with Gasteiger partial charge in [0, 0.05) is 23.5 Å². The van der Waals surface area contributed by atoms with Gasteiger partial charge in [-0.15, -0.1) is 0 Å². The van der Waals surface area contributed by atoms with Gasteiger partial charge in [0.2, 0.25) is 11.8 Å². The maximum Gasteiger partial charge on any atom is 0.264 e. The standard InChI is InChI=1S/C36H40BrN3O4S/c1-25(2)38-36(42)34(22-29-9-7-6-8-10-29)39(23-30-14-16-31(37)17-15-30)35(41)24-40(33-20-13-27(4)21-28(33)5)45(43,44)32-18-11-26(3)12-19-32/h6-21,25,34H,22-24H2,1-5H3,(H,38,42)/t34-/m0/s1. The van der Waals surface area contributed by atoms with E-state index in [4.69, 9.17) is 0 Å². The van der Waals surface area contributed by atoms with Gasteiger partial charge < -0.3 is 10.2 Å². The number of nitrogens with zero attached hydrogens (tertiary/aromatic N) is 2. The minimum Gasteiger partial charge on any atom is -0.352 e. The predicted molar refractivity (Wildman–Crippen MR) is 184 cm³/mol. The maximum atomic E-state index is 14.6. The molecule has 1 N–H and O–H groups in total. The van der Waals surface area contributed by atoms with Crippen molar-refractivity contribution in [2.24, 2.45) is 0 Å². The van der Waals surface area contributed by atoms with Gasteiger partial charge in [0.15, 0.2) is 0 Å². The molecule has 0 spiro atoms. The molecule has 0 saturated heterocycles. The Morgan fingerprint density at radius 1 is 0.800 bits per heavy atom. The lowest BCUT2D eigenvalue weighted by atomic mass is 10.0. The highest BCUT2D eigenvalue weighted by Crippen LogP contribution is 2.29. The maximum absolute atomic E-state index is 14.6. The second-order valence-corrected chi connectivity index (χ2v) is 14.4. The molecule has 7 nitrogen and oxygen atoms in total. The third-order valence-corrected chi connectivity index (χ3v) is 9.78. The zero-order chi connectivity index (χ0) is 32.7. The van der Waals surface area contributed by atoms with Crippen LogP contribution in [0.25, 0.3) is 0 Å². The van der Waals surface area contributed by atoms with Crippen LogP contribution in [0.15, 0.2) is 106 Å². The van der Waals surface area contributed by atoms with Crippen LogP contribution in [0.1, 0.15) is 41.7 Å². The Morgan fingerprint density at radius 2 is 1.42 bits per heavy atom. The van der Waals surface area contributed by atoms with Gasteiger partial charge in [0.05, 0.1) is 10.6 Å². The van der Waals surface area contributed by atoms with Gasteiger partial charge in [-0.25, -0.2) is 8.42 Å². The molecule has 0 heterocycles. The summed E-state index contributed by atoms with van der Waals surface area (Å²) in [5.74, 6) is -0.799. The molecule has 0 unspecified atom stereocenters.